The van der Waals surface area contributed by atoms with Crippen molar-refractivity contribution < 1.29 is 4.79 Å². The van der Waals surface area contributed by atoms with Gasteiger partial charge in [0.2, 0.25) is 0 Å². The average Bonchev–Trinajstić information content (AvgIpc) is 2.88. The molecule has 0 aliphatic carbocycles. The summed E-state index contributed by atoms with van der Waals surface area (Å²) in [6, 6.07) is 3.72. The van der Waals surface area contributed by atoms with Crippen molar-refractivity contribution in [3.05, 3.63) is 53.6 Å². The number of amides is 1. The fourth-order valence-corrected chi connectivity index (χ4v) is 2.15. The van der Waals surface area contributed by atoms with Gasteiger partial charge in [0.05, 0.1) is 34.8 Å². The van der Waals surface area contributed by atoms with Crippen LogP contribution in [0.25, 0.3) is 5.52 Å². The summed E-state index contributed by atoms with van der Waals surface area (Å²) in [7, 11) is 0. The molecule has 6 heteroatoms. The maximum atomic E-state index is 12.4. The highest BCUT2D eigenvalue weighted by Gasteiger charge is 2.14. The zero-order valence-corrected chi connectivity index (χ0v) is 11.8. The van der Waals surface area contributed by atoms with Gasteiger partial charge in [0.25, 0.3) is 5.91 Å². The van der Waals surface area contributed by atoms with Crippen LogP contribution in [-0.2, 0) is 0 Å². The SMILES string of the molecule is Cc1cc(N)c(NC(=O)c2cnn3ccncc23)cc1C. The summed E-state index contributed by atoms with van der Waals surface area (Å²) in [6.07, 6.45) is 6.43. The van der Waals surface area contributed by atoms with E-state index in [-0.39, 0.29) is 5.91 Å². The van der Waals surface area contributed by atoms with E-state index in [0.29, 0.717) is 22.5 Å². The van der Waals surface area contributed by atoms with Gasteiger partial charge in [-0.05, 0) is 37.1 Å². The van der Waals surface area contributed by atoms with Gasteiger partial charge in [-0.25, -0.2) is 4.52 Å². The number of rotatable bonds is 2. The second-order valence-electron chi connectivity index (χ2n) is 4.94. The molecule has 1 aromatic carbocycles. The Morgan fingerprint density at radius 3 is 2.81 bits per heavy atom. The van der Waals surface area contributed by atoms with Crippen molar-refractivity contribution in [1.82, 2.24) is 14.6 Å². The molecule has 2 aromatic heterocycles. The summed E-state index contributed by atoms with van der Waals surface area (Å²) in [5.41, 5.74) is 10.4. The molecule has 1 amide bonds. The molecule has 3 rings (SSSR count). The maximum absolute atomic E-state index is 12.4. The first-order valence-corrected chi connectivity index (χ1v) is 6.51. The number of hydrogen-bond donors (Lipinski definition) is 2. The number of hydrogen-bond acceptors (Lipinski definition) is 4. The molecule has 0 radical (unpaired) electrons. The number of carbonyl (C=O) groups is 1. The van der Waals surface area contributed by atoms with Crippen LogP contribution < -0.4 is 11.1 Å². The number of aromatic nitrogens is 3. The van der Waals surface area contributed by atoms with Crippen molar-refractivity contribution in [1.29, 1.82) is 0 Å². The van der Waals surface area contributed by atoms with Crippen LogP contribution in [-0.4, -0.2) is 20.5 Å². The van der Waals surface area contributed by atoms with Gasteiger partial charge >= 0.3 is 0 Å². The second kappa shape index (κ2) is 4.90. The lowest BCUT2D eigenvalue weighted by molar-refractivity contribution is 0.102. The van der Waals surface area contributed by atoms with Crippen molar-refractivity contribution in [2.24, 2.45) is 0 Å². The molecule has 0 bridgehead atoms. The molecular formula is C15H15N5O. The highest BCUT2D eigenvalue weighted by Crippen LogP contribution is 2.24. The normalized spacial score (nSPS) is 10.8. The average molecular weight is 281 g/mol. The number of aryl methyl sites for hydroxylation is 2. The molecule has 0 aliphatic heterocycles. The number of nitrogens with one attached hydrogen (secondary N) is 1. The molecule has 0 saturated carbocycles. The molecule has 2 heterocycles. The van der Waals surface area contributed by atoms with Crippen molar-refractivity contribution in [2.45, 2.75) is 13.8 Å². The molecule has 0 aliphatic rings. The van der Waals surface area contributed by atoms with Crippen LogP contribution in [0.4, 0.5) is 11.4 Å². The van der Waals surface area contributed by atoms with Gasteiger partial charge in [-0.3, -0.25) is 9.78 Å². The number of carbonyl (C=O) groups excluding carboxylic acids is 1. The van der Waals surface area contributed by atoms with Crippen LogP contribution >= 0.6 is 0 Å². The third kappa shape index (κ3) is 2.31. The predicted molar refractivity (Wildman–Crippen MR) is 81.3 cm³/mol. The summed E-state index contributed by atoms with van der Waals surface area (Å²) < 4.78 is 1.60. The van der Waals surface area contributed by atoms with E-state index in [2.05, 4.69) is 15.4 Å². The van der Waals surface area contributed by atoms with Crippen molar-refractivity contribution >= 4 is 22.8 Å². The Balaban J connectivity index is 1.95. The van der Waals surface area contributed by atoms with Crippen LogP contribution in [0, 0.1) is 13.8 Å². The third-order valence-electron chi connectivity index (χ3n) is 3.48. The largest absolute Gasteiger partial charge is 0.397 e. The van der Waals surface area contributed by atoms with E-state index in [1.165, 1.54) is 6.20 Å². The minimum absolute atomic E-state index is 0.257. The Hall–Kier alpha value is -2.89. The Morgan fingerprint density at radius 1 is 1.24 bits per heavy atom. The first kappa shape index (κ1) is 13.1. The lowest BCUT2D eigenvalue weighted by atomic mass is 10.1. The highest BCUT2D eigenvalue weighted by atomic mass is 16.1. The number of nitrogens with two attached hydrogens (primary N) is 1. The summed E-state index contributed by atoms with van der Waals surface area (Å²) in [5.74, 6) is -0.257. The maximum Gasteiger partial charge on any atom is 0.259 e. The standard InChI is InChI=1S/C15H15N5O/c1-9-5-12(16)13(6-10(9)2)19-15(21)11-7-18-20-4-3-17-8-14(11)20/h3-8H,16H2,1-2H3,(H,19,21). The Labute approximate surface area is 121 Å². The van der Waals surface area contributed by atoms with Gasteiger partial charge < -0.3 is 11.1 Å². The smallest absolute Gasteiger partial charge is 0.259 e. The predicted octanol–water partition coefficient (Wildman–Crippen LogP) is 2.18. The van der Waals surface area contributed by atoms with E-state index >= 15 is 0 Å². The fraction of sp³-hybridized carbons (Fsp3) is 0.133. The second-order valence-corrected chi connectivity index (χ2v) is 4.94. The summed E-state index contributed by atoms with van der Waals surface area (Å²) in [4.78, 5) is 16.4. The van der Waals surface area contributed by atoms with Crippen LogP contribution in [0.3, 0.4) is 0 Å². The van der Waals surface area contributed by atoms with E-state index in [4.69, 9.17) is 5.73 Å². The van der Waals surface area contributed by atoms with Gasteiger partial charge in [-0.2, -0.15) is 5.10 Å². The van der Waals surface area contributed by atoms with Gasteiger partial charge in [-0.1, -0.05) is 0 Å². The molecule has 3 N–H and O–H groups in total. The first-order valence-electron chi connectivity index (χ1n) is 6.51. The zero-order valence-electron chi connectivity index (χ0n) is 11.8. The van der Waals surface area contributed by atoms with Crippen LogP contribution in [0.2, 0.25) is 0 Å². The van der Waals surface area contributed by atoms with Crippen LogP contribution in [0.1, 0.15) is 21.5 Å². The number of anilines is 2. The lowest BCUT2D eigenvalue weighted by Gasteiger charge is -2.10. The number of fused-ring (bicyclic) bond motifs is 1. The quantitative estimate of drug-likeness (QED) is 0.705. The third-order valence-corrected chi connectivity index (χ3v) is 3.48. The first-order chi connectivity index (χ1) is 10.1. The minimum atomic E-state index is -0.257. The van der Waals surface area contributed by atoms with Crippen molar-refractivity contribution in [3.63, 3.8) is 0 Å². The summed E-state index contributed by atoms with van der Waals surface area (Å²) >= 11 is 0. The van der Waals surface area contributed by atoms with Gasteiger partial charge in [0.1, 0.15) is 0 Å². The monoisotopic (exact) mass is 281 g/mol. The van der Waals surface area contributed by atoms with E-state index in [1.54, 1.807) is 23.1 Å². The number of nitrogen functional groups attached to an aromatic ring is 1. The lowest BCUT2D eigenvalue weighted by Crippen LogP contribution is -2.13. The Kier molecular flexibility index (Phi) is 3.06. The van der Waals surface area contributed by atoms with Crippen molar-refractivity contribution in [2.75, 3.05) is 11.1 Å². The Morgan fingerprint density at radius 2 is 2.00 bits per heavy atom. The molecular weight excluding hydrogens is 266 g/mol. The molecule has 0 fully saturated rings. The molecule has 0 atom stereocenters. The molecule has 21 heavy (non-hydrogen) atoms. The molecule has 0 spiro atoms. The van der Waals surface area contributed by atoms with Crippen molar-refractivity contribution in [3.8, 4) is 0 Å². The molecule has 0 saturated heterocycles. The highest BCUT2D eigenvalue weighted by molar-refractivity contribution is 6.09. The Bertz CT molecular complexity index is 837. The van der Waals surface area contributed by atoms with Crippen LogP contribution in [0.15, 0.2) is 36.9 Å². The van der Waals surface area contributed by atoms with E-state index < -0.39 is 0 Å². The minimum Gasteiger partial charge on any atom is -0.397 e. The molecule has 6 nitrogen and oxygen atoms in total. The van der Waals surface area contributed by atoms with E-state index in [9.17, 15) is 4.79 Å². The molecule has 3 aromatic rings. The van der Waals surface area contributed by atoms with E-state index in [1.807, 2.05) is 26.0 Å². The topological polar surface area (TPSA) is 85.3 Å². The molecule has 106 valence electrons. The summed E-state index contributed by atoms with van der Waals surface area (Å²) in [5, 5.41) is 6.95. The number of benzene rings is 1. The zero-order chi connectivity index (χ0) is 15.0. The number of nitrogens with zero attached hydrogens (tertiary/aromatic N) is 3. The van der Waals surface area contributed by atoms with Gasteiger partial charge in [0, 0.05) is 12.4 Å². The molecule has 0 unspecified atom stereocenters. The van der Waals surface area contributed by atoms with E-state index in [0.717, 1.165) is 11.1 Å². The van der Waals surface area contributed by atoms with Gasteiger partial charge in [-0.15, -0.1) is 0 Å². The summed E-state index contributed by atoms with van der Waals surface area (Å²) in [6.45, 7) is 3.96. The van der Waals surface area contributed by atoms with Gasteiger partial charge in [0.15, 0.2) is 0 Å². The fourth-order valence-electron chi connectivity index (χ4n) is 2.15. The van der Waals surface area contributed by atoms with Crippen LogP contribution in [0.5, 0.6) is 0 Å².